The Balaban J connectivity index is 1.92. The van der Waals surface area contributed by atoms with Gasteiger partial charge >= 0.3 is 5.97 Å². The Kier molecular flexibility index (Phi) is 5.46. The predicted octanol–water partition coefficient (Wildman–Crippen LogP) is 4.41. The van der Waals surface area contributed by atoms with E-state index in [9.17, 15) is 4.79 Å². The molecular formula is C19H18ClN3O2. The van der Waals surface area contributed by atoms with Crippen LogP contribution in [-0.2, 0) is 9.53 Å². The van der Waals surface area contributed by atoms with Gasteiger partial charge in [-0.3, -0.25) is 0 Å². The first-order valence-electron chi connectivity index (χ1n) is 8.14. The van der Waals surface area contributed by atoms with Crippen LogP contribution in [0.4, 0.5) is 0 Å². The summed E-state index contributed by atoms with van der Waals surface area (Å²) in [5, 5.41) is 8.97. The van der Waals surface area contributed by atoms with Gasteiger partial charge in [0.25, 0.3) is 0 Å². The van der Waals surface area contributed by atoms with Crippen molar-refractivity contribution in [2.24, 2.45) is 0 Å². The van der Waals surface area contributed by atoms with Crippen molar-refractivity contribution in [2.75, 3.05) is 6.61 Å². The first kappa shape index (κ1) is 17.2. The fraction of sp³-hybridized carbons (Fsp3) is 0.211. The quantitative estimate of drug-likeness (QED) is 0.373. The number of esters is 1. The molecule has 128 valence electrons. The van der Waals surface area contributed by atoms with Gasteiger partial charge in [0.15, 0.2) is 0 Å². The average Bonchev–Trinajstić information content (AvgIpc) is 3.04. The minimum absolute atomic E-state index is 0.368. The molecule has 0 N–H and O–H groups in total. The normalized spacial score (nSPS) is 11.3. The minimum atomic E-state index is -0.368. The molecule has 2 aromatic heterocycles. The number of pyridine rings is 1. The van der Waals surface area contributed by atoms with Crippen LogP contribution in [0.3, 0.4) is 0 Å². The van der Waals surface area contributed by atoms with Gasteiger partial charge in [-0.2, -0.15) is 0 Å². The SMILES string of the molecule is CCCCOC(=O)/C=C/c1cc(Cl)ccc1-c1nnn2ccccc12. The molecule has 3 rings (SSSR count). The standard InChI is InChI=1S/C19H18ClN3O2/c1-2-3-12-25-18(24)10-7-14-13-15(20)8-9-16(14)19-17-6-4-5-11-23(17)22-21-19/h4-11,13H,2-3,12H2,1H3/b10-7+. The maximum absolute atomic E-state index is 11.8. The molecule has 6 heteroatoms. The summed E-state index contributed by atoms with van der Waals surface area (Å²) in [4.78, 5) is 11.8. The number of aromatic nitrogens is 3. The second-order valence-electron chi connectivity index (χ2n) is 5.55. The molecule has 2 heterocycles. The molecule has 25 heavy (non-hydrogen) atoms. The molecule has 1 aromatic carbocycles. The topological polar surface area (TPSA) is 56.5 Å². The summed E-state index contributed by atoms with van der Waals surface area (Å²) in [6, 6.07) is 11.2. The lowest BCUT2D eigenvalue weighted by Gasteiger charge is -2.05. The molecule has 0 aliphatic carbocycles. The molecule has 0 fully saturated rings. The number of ether oxygens (including phenoxy) is 1. The van der Waals surface area contributed by atoms with Gasteiger partial charge in [-0.15, -0.1) is 5.10 Å². The zero-order valence-corrected chi connectivity index (χ0v) is 14.6. The van der Waals surface area contributed by atoms with Gasteiger partial charge in [0.1, 0.15) is 5.69 Å². The van der Waals surface area contributed by atoms with Crippen LogP contribution in [-0.4, -0.2) is 27.4 Å². The maximum Gasteiger partial charge on any atom is 0.330 e. The lowest BCUT2D eigenvalue weighted by Crippen LogP contribution is -2.01. The van der Waals surface area contributed by atoms with Gasteiger partial charge in [0, 0.05) is 22.9 Å². The van der Waals surface area contributed by atoms with Crippen molar-refractivity contribution in [3.63, 3.8) is 0 Å². The minimum Gasteiger partial charge on any atom is -0.463 e. The third-order valence-corrected chi connectivity index (χ3v) is 3.97. The highest BCUT2D eigenvalue weighted by Gasteiger charge is 2.12. The van der Waals surface area contributed by atoms with Crippen LogP contribution in [0.2, 0.25) is 5.02 Å². The first-order chi connectivity index (χ1) is 12.2. The predicted molar refractivity (Wildman–Crippen MR) is 98.3 cm³/mol. The van der Waals surface area contributed by atoms with Crippen LogP contribution in [0, 0.1) is 0 Å². The molecule has 0 bridgehead atoms. The Morgan fingerprint density at radius 1 is 1.32 bits per heavy atom. The summed E-state index contributed by atoms with van der Waals surface area (Å²) < 4.78 is 6.85. The van der Waals surface area contributed by atoms with Crippen LogP contribution >= 0.6 is 11.6 Å². The van der Waals surface area contributed by atoms with Gasteiger partial charge in [-0.1, -0.05) is 42.3 Å². The van der Waals surface area contributed by atoms with Crippen LogP contribution in [0.15, 0.2) is 48.7 Å². The lowest BCUT2D eigenvalue weighted by atomic mass is 10.0. The number of fused-ring (bicyclic) bond motifs is 1. The molecule has 0 aliphatic rings. The van der Waals surface area contributed by atoms with Gasteiger partial charge in [-0.05, 0) is 42.3 Å². The largest absolute Gasteiger partial charge is 0.463 e. The molecule has 0 radical (unpaired) electrons. The number of hydrogen-bond donors (Lipinski definition) is 0. The third-order valence-electron chi connectivity index (χ3n) is 3.73. The highest BCUT2D eigenvalue weighted by molar-refractivity contribution is 6.30. The highest BCUT2D eigenvalue weighted by atomic mass is 35.5. The second kappa shape index (κ2) is 7.94. The second-order valence-corrected chi connectivity index (χ2v) is 5.99. The third kappa shape index (κ3) is 4.06. The maximum atomic E-state index is 11.8. The first-order valence-corrected chi connectivity index (χ1v) is 8.51. The molecule has 0 spiro atoms. The Bertz CT molecular complexity index is 918. The summed E-state index contributed by atoms with van der Waals surface area (Å²) in [6.45, 7) is 2.48. The molecule has 0 aliphatic heterocycles. The van der Waals surface area contributed by atoms with Crippen LogP contribution < -0.4 is 0 Å². The highest BCUT2D eigenvalue weighted by Crippen LogP contribution is 2.29. The number of nitrogens with zero attached hydrogens (tertiary/aromatic N) is 3. The van der Waals surface area contributed by atoms with Crippen molar-refractivity contribution in [1.29, 1.82) is 0 Å². The monoisotopic (exact) mass is 355 g/mol. The van der Waals surface area contributed by atoms with Crippen molar-refractivity contribution in [2.45, 2.75) is 19.8 Å². The molecule has 3 aromatic rings. The summed E-state index contributed by atoms with van der Waals surface area (Å²) in [5.41, 5.74) is 3.25. The smallest absolute Gasteiger partial charge is 0.330 e. The number of carbonyl (C=O) groups is 1. The van der Waals surface area contributed by atoms with E-state index in [1.54, 1.807) is 22.7 Å². The van der Waals surface area contributed by atoms with E-state index in [-0.39, 0.29) is 5.97 Å². The van der Waals surface area contributed by atoms with Gasteiger partial charge in [0.2, 0.25) is 0 Å². The van der Waals surface area contributed by atoms with Crippen molar-refractivity contribution >= 4 is 29.2 Å². The van der Waals surface area contributed by atoms with Crippen LogP contribution in [0.1, 0.15) is 25.3 Å². The Labute approximate surface area is 150 Å². The van der Waals surface area contributed by atoms with E-state index in [0.717, 1.165) is 35.2 Å². The number of halogens is 1. The molecule has 5 nitrogen and oxygen atoms in total. The number of unbranched alkanes of at least 4 members (excludes halogenated alkanes) is 1. The van der Waals surface area contributed by atoms with Crippen molar-refractivity contribution in [3.8, 4) is 11.3 Å². The fourth-order valence-corrected chi connectivity index (χ4v) is 2.63. The molecule has 0 atom stereocenters. The molecule has 0 amide bonds. The van der Waals surface area contributed by atoms with E-state index in [0.29, 0.717) is 11.6 Å². The number of carbonyl (C=O) groups excluding carboxylic acids is 1. The van der Waals surface area contributed by atoms with Gasteiger partial charge < -0.3 is 4.74 Å². The molecule has 0 unspecified atom stereocenters. The molecule has 0 saturated carbocycles. The number of hydrogen-bond acceptors (Lipinski definition) is 4. The van der Waals surface area contributed by atoms with Crippen molar-refractivity contribution < 1.29 is 9.53 Å². The van der Waals surface area contributed by atoms with Crippen molar-refractivity contribution in [1.82, 2.24) is 14.8 Å². The molecular weight excluding hydrogens is 338 g/mol. The summed E-state index contributed by atoms with van der Waals surface area (Å²) in [5.74, 6) is -0.368. The van der Waals surface area contributed by atoms with Crippen LogP contribution in [0.5, 0.6) is 0 Å². The van der Waals surface area contributed by atoms with E-state index in [1.807, 2.05) is 37.4 Å². The van der Waals surface area contributed by atoms with E-state index >= 15 is 0 Å². The van der Waals surface area contributed by atoms with E-state index in [4.69, 9.17) is 16.3 Å². The van der Waals surface area contributed by atoms with Crippen molar-refractivity contribution in [3.05, 3.63) is 59.3 Å². The summed E-state index contributed by atoms with van der Waals surface area (Å²) in [7, 11) is 0. The summed E-state index contributed by atoms with van der Waals surface area (Å²) in [6.07, 6.45) is 6.78. The van der Waals surface area contributed by atoms with E-state index in [2.05, 4.69) is 10.3 Å². The van der Waals surface area contributed by atoms with Gasteiger partial charge in [-0.25, -0.2) is 9.31 Å². The van der Waals surface area contributed by atoms with E-state index < -0.39 is 0 Å². The van der Waals surface area contributed by atoms with Crippen LogP contribution in [0.25, 0.3) is 22.9 Å². The molecule has 0 saturated heterocycles. The Morgan fingerprint density at radius 3 is 3.04 bits per heavy atom. The Hall–Kier alpha value is -2.66. The lowest BCUT2D eigenvalue weighted by molar-refractivity contribution is -0.137. The number of benzene rings is 1. The average molecular weight is 356 g/mol. The number of rotatable bonds is 6. The van der Waals surface area contributed by atoms with E-state index in [1.165, 1.54) is 6.08 Å². The Morgan fingerprint density at radius 2 is 2.20 bits per heavy atom. The zero-order valence-electron chi connectivity index (χ0n) is 13.9. The fourth-order valence-electron chi connectivity index (χ4n) is 2.45. The summed E-state index contributed by atoms with van der Waals surface area (Å²) >= 11 is 6.12. The van der Waals surface area contributed by atoms with Gasteiger partial charge in [0.05, 0.1) is 12.1 Å². The zero-order chi connectivity index (χ0) is 17.6.